The van der Waals surface area contributed by atoms with Gasteiger partial charge in [-0.05, 0) is 37.8 Å². The number of hydrogen-bond acceptors (Lipinski definition) is 2. The second-order valence-corrected chi connectivity index (χ2v) is 4.05. The maximum atomic E-state index is 9.16. The predicted octanol–water partition coefficient (Wildman–Crippen LogP) is 3.37. The number of benzene rings is 1. The Balaban J connectivity index is 2.08. The molecule has 14 heavy (non-hydrogen) atoms. The van der Waals surface area contributed by atoms with Crippen molar-refractivity contribution in [1.82, 2.24) is 0 Å². The van der Waals surface area contributed by atoms with Crippen LogP contribution in [0.25, 0.3) is 0 Å². The van der Waals surface area contributed by atoms with Gasteiger partial charge in [0.15, 0.2) is 0 Å². The highest BCUT2D eigenvalue weighted by Crippen LogP contribution is 2.31. The van der Waals surface area contributed by atoms with Crippen LogP contribution < -0.4 is 4.74 Å². The van der Waals surface area contributed by atoms with E-state index in [-0.39, 0.29) is 5.75 Å². The summed E-state index contributed by atoms with van der Waals surface area (Å²) in [6.07, 6.45) is 4.99. The second-order valence-electron chi connectivity index (χ2n) is 3.64. The van der Waals surface area contributed by atoms with E-state index in [2.05, 4.69) is 0 Å². The lowest BCUT2D eigenvalue weighted by Crippen LogP contribution is -2.10. The third kappa shape index (κ3) is 2.13. The van der Waals surface area contributed by atoms with Gasteiger partial charge in [-0.25, -0.2) is 0 Å². The lowest BCUT2D eigenvalue weighted by atomic mass is 10.3. The molecule has 0 heterocycles. The Morgan fingerprint density at radius 2 is 2.00 bits per heavy atom. The van der Waals surface area contributed by atoms with Gasteiger partial charge in [0.2, 0.25) is 0 Å². The molecular formula is C11H13ClO2. The average Bonchev–Trinajstić information content (AvgIpc) is 2.62. The Labute approximate surface area is 88.5 Å². The summed E-state index contributed by atoms with van der Waals surface area (Å²) in [7, 11) is 0. The SMILES string of the molecule is Oc1ccc(OC2CCCC2)c(Cl)c1. The van der Waals surface area contributed by atoms with Crippen molar-refractivity contribution < 1.29 is 9.84 Å². The van der Waals surface area contributed by atoms with E-state index in [1.165, 1.54) is 18.9 Å². The molecule has 1 aromatic carbocycles. The molecule has 3 heteroatoms. The topological polar surface area (TPSA) is 29.5 Å². The zero-order chi connectivity index (χ0) is 9.97. The van der Waals surface area contributed by atoms with E-state index in [0.29, 0.717) is 16.9 Å². The summed E-state index contributed by atoms with van der Waals surface area (Å²) in [6, 6.07) is 4.82. The largest absolute Gasteiger partial charge is 0.508 e. The van der Waals surface area contributed by atoms with Gasteiger partial charge >= 0.3 is 0 Å². The number of halogens is 1. The van der Waals surface area contributed by atoms with Gasteiger partial charge in [0.25, 0.3) is 0 Å². The van der Waals surface area contributed by atoms with Crippen molar-refractivity contribution in [2.24, 2.45) is 0 Å². The van der Waals surface area contributed by atoms with Crippen LogP contribution in [0.4, 0.5) is 0 Å². The molecular weight excluding hydrogens is 200 g/mol. The molecule has 1 aromatic rings. The van der Waals surface area contributed by atoms with Crippen molar-refractivity contribution in [2.45, 2.75) is 31.8 Å². The summed E-state index contributed by atoms with van der Waals surface area (Å²) in [5.74, 6) is 0.852. The minimum absolute atomic E-state index is 0.175. The molecule has 2 nitrogen and oxygen atoms in total. The Hall–Kier alpha value is -0.890. The Morgan fingerprint density at radius 3 is 2.64 bits per heavy atom. The van der Waals surface area contributed by atoms with Gasteiger partial charge < -0.3 is 9.84 Å². The third-order valence-corrected chi connectivity index (χ3v) is 2.81. The molecule has 0 bridgehead atoms. The second kappa shape index (κ2) is 4.09. The van der Waals surface area contributed by atoms with Gasteiger partial charge in [0, 0.05) is 6.07 Å². The number of ether oxygens (including phenoxy) is 1. The lowest BCUT2D eigenvalue weighted by Gasteiger charge is -2.14. The third-order valence-electron chi connectivity index (χ3n) is 2.51. The van der Waals surface area contributed by atoms with Crippen molar-refractivity contribution in [2.75, 3.05) is 0 Å². The molecule has 1 aliphatic carbocycles. The molecule has 1 aliphatic rings. The van der Waals surface area contributed by atoms with E-state index in [0.717, 1.165) is 12.8 Å². The highest BCUT2D eigenvalue weighted by atomic mass is 35.5. The minimum atomic E-state index is 0.175. The minimum Gasteiger partial charge on any atom is -0.508 e. The fourth-order valence-electron chi connectivity index (χ4n) is 1.77. The summed E-state index contributed by atoms with van der Waals surface area (Å²) in [4.78, 5) is 0. The summed E-state index contributed by atoms with van der Waals surface area (Å²) >= 11 is 5.92. The molecule has 0 spiro atoms. The van der Waals surface area contributed by atoms with Gasteiger partial charge in [-0.2, -0.15) is 0 Å². The van der Waals surface area contributed by atoms with Crippen LogP contribution in [0.15, 0.2) is 18.2 Å². The summed E-state index contributed by atoms with van der Waals surface area (Å²) in [6.45, 7) is 0. The fourth-order valence-corrected chi connectivity index (χ4v) is 1.99. The number of hydrogen-bond donors (Lipinski definition) is 1. The zero-order valence-electron chi connectivity index (χ0n) is 7.87. The normalized spacial score (nSPS) is 17.2. The van der Waals surface area contributed by atoms with Gasteiger partial charge in [-0.15, -0.1) is 0 Å². The highest BCUT2D eigenvalue weighted by molar-refractivity contribution is 6.32. The molecule has 1 N–H and O–H groups in total. The molecule has 1 fully saturated rings. The first-order valence-corrected chi connectivity index (χ1v) is 5.28. The monoisotopic (exact) mass is 212 g/mol. The van der Waals surface area contributed by atoms with Crippen molar-refractivity contribution in [3.8, 4) is 11.5 Å². The molecule has 2 rings (SSSR count). The number of phenols is 1. The first-order valence-electron chi connectivity index (χ1n) is 4.91. The molecule has 0 amide bonds. The molecule has 0 aromatic heterocycles. The average molecular weight is 213 g/mol. The molecule has 1 saturated carbocycles. The summed E-state index contributed by atoms with van der Waals surface area (Å²) in [5, 5.41) is 9.64. The van der Waals surface area contributed by atoms with E-state index in [1.54, 1.807) is 12.1 Å². The molecule has 76 valence electrons. The predicted molar refractivity (Wildman–Crippen MR) is 56.0 cm³/mol. The van der Waals surface area contributed by atoms with E-state index >= 15 is 0 Å². The van der Waals surface area contributed by atoms with Crippen molar-refractivity contribution in [3.05, 3.63) is 23.2 Å². The van der Waals surface area contributed by atoms with E-state index in [9.17, 15) is 0 Å². The summed E-state index contributed by atoms with van der Waals surface area (Å²) < 4.78 is 5.72. The van der Waals surface area contributed by atoms with Gasteiger partial charge in [0.1, 0.15) is 11.5 Å². The number of aromatic hydroxyl groups is 1. The van der Waals surface area contributed by atoms with Crippen molar-refractivity contribution in [3.63, 3.8) is 0 Å². The molecule has 0 atom stereocenters. The summed E-state index contributed by atoms with van der Waals surface area (Å²) in [5.41, 5.74) is 0. The van der Waals surface area contributed by atoms with Crippen molar-refractivity contribution in [1.29, 1.82) is 0 Å². The van der Waals surface area contributed by atoms with Crippen molar-refractivity contribution >= 4 is 11.6 Å². The maximum Gasteiger partial charge on any atom is 0.138 e. The Kier molecular flexibility index (Phi) is 2.82. The van der Waals surface area contributed by atoms with Crippen LogP contribution >= 0.6 is 11.6 Å². The van der Waals surface area contributed by atoms with Crippen LogP contribution in [0.3, 0.4) is 0 Å². The molecule has 0 aliphatic heterocycles. The van der Waals surface area contributed by atoms with Crippen LogP contribution in [0.5, 0.6) is 11.5 Å². The first kappa shape index (κ1) is 9.66. The molecule has 0 unspecified atom stereocenters. The highest BCUT2D eigenvalue weighted by Gasteiger charge is 2.17. The maximum absolute atomic E-state index is 9.16. The number of phenolic OH excluding ortho intramolecular Hbond substituents is 1. The Bertz CT molecular complexity index is 319. The van der Waals surface area contributed by atoms with Crippen LogP contribution in [0, 0.1) is 0 Å². The smallest absolute Gasteiger partial charge is 0.138 e. The van der Waals surface area contributed by atoms with Crippen LogP contribution in [0.1, 0.15) is 25.7 Å². The lowest BCUT2D eigenvalue weighted by molar-refractivity contribution is 0.210. The standard InChI is InChI=1S/C11H13ClO2/c12-10-7-8(13)5-6-11(10)14-9-3-1-2-4-9/h5-7,9,13H,1-4H2. The van der Waals surface area contributed by atoms with Crippen LogP contribution in [0.2, 0.25) is 5.02 Å². The van der Waals surface area contributed by atoms with E-state index in [4.69, 9.17) is 21.4 Å². The van der Waals surface area contributed by atoms with Gasteiger partial charge in [-0.3, -0.25) is 0 Å². The van der Waals surface area contributed by atoms with Crippen LogP contribution in [-0.2, 0) is 0 Å². The van der Waals surface area contributed by atoms with E-state index < -0.39 is 0 Å². The fraction of sp³-hybridized carbons (Fsp3) is 0.455. The van der Waals surface area contributed by atoms with Crippen LogP contribution in [-0.4, -0.2) is 11.2 Å². The van der Waals surface area contributed by atoms with E-state index in [1.807, 2.05) is 0 Å². The number of rotatable bonds is 2. The molecule has 0 radical (unpaired) electrons. The van der Waals surface area contributed by atoms with Gasteiger partial charge in [0.05, 0.1) is 11.1 Å². The van der Waals surface area contributed by atoms with Gasteiger partial charge in [-0.1, -0.05) is 11.6 Å². The zero-order valence-corrected chi connectivity index (χ0v) is 8.63. The quantitative estimate of drug-likeness (QED) is 0.815. The molecule has 0 saturated heterocycles. The Morgan fingerprint density at radius 1 is 1.29 bits per heavy atom. The first-order chi connectivity index (χ1) is 6.75.